The molecule has 15 heteroatoms. The van der Waals surface area contributed by atoms with Gasteiger partial charge >= 0.3 is 0 Å². The number of phenolic OH excluding ortho intramolecular Hbond substituents is 2. The molecule has 0 atom stereocenters. The summed E-state index contributed by atoms with van der Waals surface area (Å²) in [6.07, 6.45) is 17.9. The molecule has 2 aliphatic heterocycles. The molecule has 2 fully saturated rings. The number of benzene rings is 2. The fourth-order valence-electron chi connectivity index (χ4n) is 5.65. The van der Waals surface area contributed by atoms with Gasteiger partial charge in [0, 0.05) is 92.2 Å². The van der Waals surface area contributed by atoms with Crippen LogP contribution in [0.3, 0.4) is 0 Å². The molecule has 2 aromatic heterocycles. The second-order valence-electron chi connectivity index (χ2n) is 12.5. The summed E-state index contributed by atoms with van der Waals surface area (Å²) in [5.74, 6) is 20.3. The molecule has 6 rings (SSSR count). The number of aldehydes is 1. The van der Waals surface area contributed by atoms with Gasteiger partial charge in [-0.05, 0) is 77.4 Å². The topological polar surface area (TPSA) is 205 Å². The second kappa shape index (κ2) is 32.7. The highest BCUT2D eigenvalue weighted by Gasteiger charge is 2.20. The molecule has 63 heavy (non-hydrogen) atoms. The third kappa shape index (κ3) is 20.1. The molecule has 2 saturated heterocycles. The molecule has 0 amide bonds. The molecule has 4 heterocycles. The van der Waals surface area contributed by atoms with Crippen molar-refractivity contribution in [1.82, 2.24) is 30.2 Å². The zero-order chi connectivity index (χ0) is 44.7. The number of rotatable bonds is 9. The molecule has 0 aliphatic carbocycles. The Morgan fingerprint density at radius 2 is 1.13 bits per heavy atom. The first-order chi connectivity index (χ1) is 29.7. The molecular weight excluding hydrogens is 801 g/mol. The Labute approximate surface area is 375 Å². The molecule has 0 spiro atoms. The molecule has 15 nitrogen and oxygen atoms in total. The molecule has 2 aromatic carbocycles. The number of carbonyl (C=O) groups is 1. The molecule has 0 unspecified atom stereocenters. The smallest absolute Gasteiger partial charge is 0.252 e. The van der Waals surface area contributed by atoms with Crippen LogP contribution >= 0.6 is 0 Å². The summed E-state index contributed by atoms with van der Waals surface area (Å²) in [7, 11) is 0. The van der Waals surface area contributed by atoms with Crippen LogP contribution in [0.2, 0.25) is 0 Å². The van der Waals surface area contributed by atoms with Gasteiger partial charge in [-0.1, -0.05) is 57.3 Å². The van der Waals surface area contributed by atoms with E-state index in [0.29, 0.717) is 42.8 Å². The maximum absolute atomic E-state index is 11.4. The normalized spacial score (nSPS) is 11.8. The van der Waals surface area contributed by atoms with Crippen molar-refractivity contribution in [2.45, 2.75) is 34.2 Å². The number of nitrogens with zero attached hydrogens (tertiary/aromatic N) is 5. The Morgan fingerprint density at radius 3 is 1.59 bits per heavy atom. The minimum atomic E-state index is -0.133. The first-order valence-corrected chi connectivity index (χ1v) is 18.6. The highest BCUT2D eigenvalue weighted by Crippen LogP contribution is 2.25. The molecule has 0 bridgehead atoms. The number of carbonyl (C=O) groups excluding carboxylic acids is 1. The van der Waals surface area contributed by atoms with Crippen molar-refractivity contribution < 1.29 is 20.7 Å². The van der Waals surface area contributed by atoms with Gasteiger partial charge in [-0.25, -0.2) is 9.97 Å². The average molecular weight is 863 g/mol. The van der Waals surface area contributed by atoms with E-state index in [4.69, 9.17) is 22.8 Å². The summed E-state index contributed by atoms with van der Waals surface area (Å²) in [6.45, 7) is 15.1. The van der Waals surface area contributed by atoms with Crippen LogP contribution in [0.1, 0.15) is 47.6 Å². The van der Waals surface area contributed by atoms with Gasteiger partial charge in [0.25, 0.3) is 11.1 Å². The van der Waals surface area contributed by atoms with Gasteiger partial charge < -0.3 is 35.3 Å². The van der Waals surface area contributed by atoms with Gasteiger partial charge in [-0.2, -0.15) is 0 Å². The van der Waals surface area contributed by atoms with E-state index in [1.54, 1.807) is 30.4 Å². The van der Waals surface area contributed by atoms with Crippen LogP contribution in [0.25, 0.3) is 0 Å². The van der Waals surface area contributed by atoms with E-state index < -0.39 is 0 Å². The molecular formula is C48H62N8O7. The van der Waals surface area contributed by atoms with Crippen molar-refractivity contribution in [1.29, 1.82) is 0 Å². The number of aromatic amines is 2. The molecule has 4 aromatic rings. The molecule has 336 valence electrons. The van der Waals surface area contributed by atoms with Gasteiger partial charge in [0.15, 0.2) is 6.29 Å². The Hall–Kier alpha value is -8.13. The van der Waals surface area contributed by atoms with Crippen LogP contribution in [0.15, 0.2) is 96.1 Å². The third-order valence-electron chi connectivity index (χ3n) is 8.53. The van der Waals surface area contributed by atoms with Crippen molar-refractivity contribution in [2.24, 2.45) is 0 Å². The van der Waals surface area contributed by atoms with Crippen LogP contribution in [-0.4, -0.2) is 93.7 Å². The quantitative estimate of drug-likeness (QED) is 0.0833. The van der Waals surface area contributed by atoms with Gasteiger partial charge in [-0.3, -0.25) is 19.3 Å². The van der Waals surface area contributed by atoms with Crippen LogP contribution in [0.4, 0.5) is 11.6 Å². The predicted octanol–water partition coefficient (Wildman–Crippen LogP) is 5.23. The molecule has 0 saturated carbocycles. The minimum absolute atomic E-state index is 0. The number of aromatic hydroxyl groups is 2. The monoisotopic (exact) mass is 862 g/mol. The number of nitrogens with one attached hydrogen (secondary N) is 3. The predicted molar refractivity (Wildman–Crippen MR) is 261 cm³/mol. The van der Waals surface area contributed by atoms with Crippen LogP contribution in [0, 0.1) is 70.1 Å². The summed E-state index contributed by atoms with van der Waals surface area (Å²) < 4.78 is 0. The zero-order valence-electron chi connectivity index (χ0n) is 33.5. The standard InChI is InChI=1S/C18H22N4O2.C10H10O2.C10H2.C8H12N4O.2CH4.O2.4H2/c1-2-4-14-5-3-6-15(18(14)24)12-21-7-9-22(10-8-21)16-11-17(23)20-13-19-16;1-2-4-8-5-3-6-9(7-11)10(8)12;1-3-5-7-9-10-8-6-4-2;13-8-5-7(10-6-11-8)12-3-1-9-2-4-12;;;1-2;;;;/h2-3,5-6,11,13,24H,1,4,7-10,12H2,(H,19,20,23);2-3,5-7,12H,1,4H2;1-2H;5-6,9H,1-4H2,(H,10,11,13);2*1H4;;4*1H. The van der Waals surface area contributed by atoms with Gasteiger partial charge in [0.1, 0.15) is 23.1 Å². The van der Waals surface area contributed by atoms with Crippen molar-refractivity contribution in [3.05, 3.63) is 139 Å². The van der Waals surface area contributed by atoms with E-state index in [1.807, 2.05) is 18.2 Å². The van der Waals surface area contributed by atoms with E-state index >= 15 is 0 Å². The first kappa shape index (κ1) is 54.9. The summed E-state index contributed by atoms with van der Waals surface area (Å²) in [5, 5.41) is 23.1. The number of anilines is 2. The number of hydrogen-bond donors (Lipinski definition) is 5. The van der Waals surface area contributed by atoms with E-state index in [-0.39, 0.29) is 37.4 Å². The van der Waals surface area contributed by atoms with Crippen LogP contribution in [-0.2, 0) is 19.4 Å². The van der Waals surface area contributed by atoms with Crippen molar-refractivity contribution in [3.8, 4) is 71.7 Å². The Morgan fingerprint density at radius 1 is 0.683 bits per heavy atom. The second-order valence-corrected chi connectivity index (χ2v) is 12.5. The zero-order valence-corrected chi connectivity index (χ0v) is 33.5. The van der Waals surface area contributed by atoms with Crippen molar-refractivity contribution in [3.63, 3.8) is 0 Å². The largest absolute Gasteiger partial charge is 0.507 e. The van der Waals surface area contributed by atoms with E-state index in [0.717, 1.165) is 74.9 Å². The van der Waals surface area contributed by atoms with E-state index in [1.165, 1.54) is 24.8 Å². The van der Waals surface area contributed by atoms with E-state index in [9.17, 15) is 24.6 Å². The van der Waals surface area contributed by atoms with Gasteiger partial charge in [-0.15, -0.1) is 26.0 Å². The summed E-state index contributed by atoms with van der Waals surface area (Å²) in [4.78, 5) is 66.7. The third-order valence-corrected chi connectivity index (χ3v) is 8.53. The number of aromatic nitrogens is 4. The lowest BCUT2D eigenvalue weighted by molar-refractivity contribution is 0.112. The van der Waals surface area contributed by atoms with Crippen LogP contribution < -0.4 is 26.2 Å². The number of hydrogen-bond acceptors (Lipinski definition) is 13. The highest BCUT2D eigenvalue weighted by atomic mass is 16.7. The number of piperazine rings is 2. The molecule has 5 N–H and O–H groups in total. The number of H-pyrrole nitrogens is 2. The Balaban J connectivity index is -0.000000259. The van der Waals surface area contributed by atoms with Crippen molar-refractivity contribution in [2.75, 3.05) is 62.2 Å². The summed E-state index contributed by atoms with van der Waals surface area (Å²) in [6, 6.07) is 14.0. The number of terminal acetylenes is 2. The van der Waals surface area contributed by atoms with Gasteiger partial charge in [0.2, 0.25) is 0 Å². The number of allylic oxidation sites excluding steroid dienone is 2. The molecule has 0 radical (unpaired) electrons. The maximum Gasteiger partial charge on any atom is 0.252 e. The lowest BCUT2D eigenvalue weighted by atomic mass is 10.1. The fourth-order valence-corrected chi connectivity index (χ4v) is 5.65. The number of para-hydroxylation sites is 2. The lowest BCUT2D eigenvalue weighted by Gasteiger charge is -2.35. The minimum Gasteiger partial charge on any atom is -0.507 e. The Kier molecular flexibility index (Phi) is 28.5. The van der Waals surface area contributed by atoms with Gasteiger partial charge in [0.05, 0.1) is 18.2 Å². The summed E-state index contributed by atoms with van der Waals surface area (Å²) in [5.41, 5.74) is 2.68. The first-order valence-electron chi connectivity index (χ1n) is 18.6. The average Bonchev–Trinajstić information content (AvgIpc) is 3.29. The van der Waals surface area contributed by atoms with E-state index in [2.05, 4.69) is 100 Å². The maximum atomic E-state index is 11.4. The van der Waals surface area contributed by atoms with Crippen molar-refractivity contribution >= 4 is 17.9 Å². The fraction of sp³-hybridized carbons (Fsp3) is 0.271. The summed E-state index contributed by atoms with van der Waals surface area (Å²) >= 11 is 0. The highest BCUT2D eigenvalue weighted by molar-refractivity contribution is 5.79. The lowest BCUT2D eigenvalue weighted by Crippen LogP contribution is -2.46. The Bertz CT molecular complexity index is 2420. The SMILES string of the molecule is C.C.C#CC#CC#CC#CC#C.C=CCc1cccc(C=O)c1O.C=CCc1cccc(CN2CCN(c3cc(=O)[nH]cn3)CC2)c1O.O=O.O=c1cc(N2CCNCC2)nc[nH]1.[HH].[HH].[HH].[HH]. The molecule has 2 aliphatic rings. The van der Waals surface area contributed by atoms with Crippen LogP contribution in [0.5, 0.6) is 11.5 Å². The number of phenols is 2.